The van der Waals surface area contributed by atoms with Crippen LogP contribution in [0.15, 0.2) is 24.3 Å². The molecule has 3 rings (SSSR count). The monoisotopic (exact) mass is 297 g/mol. The van der Waals surface area contributed by atoms with Crippen LogP contribution in [0.1, 0.15) is 17.3 Å². The number of nitrogens with one attached hydrogen (secondary N) is 1. The molecule has 0 saturated carbocycles. The molecule has 2 aromatic rings. The second-order valence-electron chi connectivity index (χ2n) is 5.20. The third-order valence-electron chi connectivity index (χ3n) is 3.79. The number of aromatic nitrogens is 1. The summed E-state index contributed by atoms with van der Waals surface area (Å²) in [5, 5.41) is 0.936. The Morgan fingerprint density at radius 3 is 2.76 bits per heavy atom. The van der Waals surface area contributed by atoms with Crippen molar-refractivity contribution >= 4 is 16.8 Å². The maximum Gasteiger partial charge on any atom is 0.401 e. The zero-order chi connectivity index (χ0) is 15.2. The van der Waals surface area contributed by atoms with Crippen LogP contribution in [0.5, 0.6) is 0 Å². The van der Waals surface area contributed by atoms with E-state index in [0.29, 0.717) is 12.1 Å². The number of halogens is 3. The molecule has 1 aromatic carbocycles. The minimum Gasteiger partial charge on any atom is -0.368 e. The van der Waals surface area contributed by atoms with Crippen molar-refractivity contribution < 1.29 is 18.0 Å². The van der Waals surface area contributed by atoms with Gasteiger partial charge in [-0.05, 0) is 18.1 Å². The van der Waals surface area contributed by atoms with Gasteiger partial charge in [0, 0.05) is 23.1 Å². The van der Waals surface area contributed by atoms with Crippen molar-refractivity contribution in [1.29, 1.82) is 0 Å². The fraction of sp³-hybridized carbons (Fsp3) is 0.357. The number of hydrogen-bond donors (Lipinski definition) is 2. The molecule has 0 radical (unpaired) electrons. The van der Waals surface area contributed by atoms with Crippen molar-refractivity contribution in [2.24, 2.45) is 5.73 Å². The summed E-state index contributed by atoms with van der Waals surface area (Å²) in [6.45, 7) is -0.989. The number of alkyl halides is 3. The number of aromatic amines is 1. The van der Waals surface area contributed by atoms with E-state index in [9.17, 15) is 18.0 Å². The molecule has 1 amide bonds. The Morgan fingerprint density at radius 2 is 2.10 bits per heavy atom. The summed E-state index contributed by atoms with van der Waals surface area (Å²) in [6, 6.07) is 6.35. The summed E-state index contributed by atoms with van der Waals surface area (Å²) < 4.78 is 38.0. The van der Waals surface area contributed by atoms with Gasteiger partial charge in [-0.1, -0.05) is 18.2 Å². The predicted molar refractivity (Wildman–Crippen MR) is 71.6 cm³/mol. The lowest BCUT2D eigenvalue weighted by molar-refractivity contribution is -0.155. The standard InChI is InChI=1S/C14H14F3N3O/c15-14(16,17)7-20-6-5-9-8-3-1-2-4-10(8)19-11(9)12(20)13(18)21/h1-4,12,19H,5-7H2,(H2,18,21). The maximum absolute atomic E-state index is 12.7. The minimum atomic E-state index is -4.36. The fourth-order valence-electron chi connectivity index (χ4n) is 3.01. The zero-order valence-corrected chi connectivity index (χ0v) is 11.1. The van der Waals surface area contributed by atoms with E-state index in [-0.39, 0.29) is 6.54 Å². The Balaban J connectivity index is 2.07. The van der Waals surface area contributed by atoms with Crippen LogP contribution >= 0.6 is 0 Å². The normalized spacial score (nSPS) is 19.7. The van der Waals surface area contributed by atoms with E-state index >= 15 is 0 Å². The van der Waals surface area contributed by atoms with Crippen LogP contribution in [0.3, 0.4) is 0 Å². The van der Waals surface area contributed by atoms with Gasteiger partial charge in [-0.3, -0.25) is 9.69 Å². The summed E-state index contributed by atoms with van der Waals surface area (Å²) in [4.78, 5) is 15.8. The fourth-order valence-corrected chi connectivity index (χ4v) is 3.01. The molecule has 1 aliphatic rings. The van der Waals surface area contributed by atoms with E-state index in [1.807, 2.05) is 24.3 Å². The SMILES string of the molecule is NC(=O)C1c2[nH]c3ccccc3c2CCN1CC(F)(F)F. The van der Waals surface area contributed by atoms with Crippen molar-refractivity contribution in [3.8, 4) is 0 Å². The van der Waals surface area contributed by atoms with Gasteiger partial charge in [0.2, 0.25) is 5.91 Å². The van der Waals surface area contributed by atoms with Gasteiger partial charge in [0.15, 0.2) is 0 Å². The molecule has 0 fully saturated rings. The molecule has 2 heterocycles. The summed E-state index contributed by atoms with van der Waals surface area (Å²) in [5.41, 5.74) is 7.52. The highest BCUT2D eigenvalue weighted by Gasteiger charge is 2.40. The number of hydrogen-bond acceptors (Lipinski definition) is 2. The van der Waals surface area contributed by atoms with Crippen LogP contribution in [-0.2, 0) is 11.2 Å². The van der Waals surface area contributed by atoms with Crippen molar-refractivity contribution in [1.82, 2.24) is 9.88 Å². The van der Waals surface area contributed by atoms with Crippen LogP contribution in [0.4, 0.5) is 13.2 Å². The van der Waals surface area contributed by atoms with Gasteiger partial charge < -0.3 is 10.7 Å². The summed E-state index contributed by atoms with van der Waals surface area (Å²) in [7, 11) is 0. The molecule has 0 saturated heterocycles. The predicted octanol–water partition coefficient (Wildman–Crippen LogP) is 2.11. The lowest BCUT2D eigenvalue weighted by Crippen LogP contribution is -2.46. The first kappa shape index (κ1) is 13.9. The van der Waals surface area contributed by atoms with Crippen LogP contribution in [0, 0.1) is 0 Å². The number of H-pyrrole nitrogens is 1. The van der Waals surface area contributed by atoms with Crippen LogP contribution in [0.25, 0.3) is 10.9 Å². The molecule has 1 aromatic heterocycles. The maximum atomic E-state index is 12.7. The number of para-hydroxylation sites is 1. The Morgan fingerprint density at radius 1 is 1.38 bits per heavy atom. The molecule has 112 valence electrons. The molecular weight excluding hydrogens is 283 g/mol. The number of rotatable bonds is 2. The molecule has 0 bridgehead atoms. The molecule has 7 heteroatoms. The van der Waals surface area contributed by atoms with Crippen LogP contribution in [-0.4, -0.2) is 35.1 Å². The first-order valence-electron chi connectivity index (χ1n) is 6.56. The second-order valence-corrected chi connectivity index (χ2v) is 5.20. The Labute approximate surface area is 118 Å². The largest absolute Gasteiger partial charge is 0.401 e. The highest BCUT2D eigenvalue weighted by molar-refractivity contribution is 5.89. The van der Waals surface area contributed by atoms with Crippen molar-refractivity contribution in [2.45, 2.75) is 18.6 Å². The van der Waals surface area contributed by atoms with E-state index in [2.05, 4.69) is 4.98 Å². The van der Waals surface area contributed by atoms with Crippen molar-refractivity contribution in [3.05, 3.63) is 35.5 Å². The smallest absolute Gasteiger partial charge is 0.368 e. The molecule has 21 heavy (non-hydrogen) atoms. The van der Waals surface area contributed by atoms with E-state index in [4.69, 9.17) is 5.73 Å². The molecule has 0 aliphatic carbocycles. The van der Waals surface area contributed by atoms with Gasteiger partial charge in [0.1, 0.15) is 6.04 Å². The third kappa shape index (κ3) is 2.49. The van der Waals surface area contributed by atoms with E-state index in [1.165, 1.54) is 0 Å². The number of carbonyl (C=O) groups excluding carboxylic acids is 1. The molecule has 1 aliphatic heterocycles. The summed E-state index contributed by atoms with van der Waals surface area (Å²) in [6.07, 6.45) is -3.91. The lowest BCUT2D eigenvalue weighted by atomic mass is 9.97. The average Bonchev–Trinajstić information content (AvgIpc) is 2.74. The van der Waals surface area contributed by atoms with E-state index in [1.54, 1.807) is 0 Å². The quantitative estimate of drug-likeness (QED) is 0.892. The lowest BCUT2D eigenvalue weighted by Gasteiger charge is -2.34. The molecule has 1 atom stereocenters. The second kappa shape index (κ2) is 4.77. The first-order valence-corrected chi connectivity index (χ1v) is 6.56. The number of nitrogens with zero attached hydrogens (tertiary/aromatic N) is 1. The number of fused-ring (bicyclic) bond motifs is 3. The molecular formula is C14H14F3N3O. The topological polar surface area (TPSA) is 62.1 Å². The van der Waals surface area contributed by atoms with Crippen LogP contribution in [0.2, 0.25) is 0 Å². The zero-order valence-electron chi connectivity index (χ0n) is 11.1. The number of primary amides is 1. The third-order valence-corrected chi connectivity index (χ3v) is 3.79. The van der Waals surface area contributed by atoms with Crippen molar-refractivity contribution in [3.63, 3.8) is 0 Å². The highest BCUT2D eigenvalue weighted by Crippen LogP contribution is 2.35. The van der Waals surface area contributed by atoms with Gasteiger partial charge in [0.25, 0.3) is 0 Å². The number of benzene rings is 1. The Kier molecular flexibility index (Phi) is 3.16. The number of nitrogens with two attached hydrogens (primary N) is 1. The molecule has 1 unspecified atom stereocenters. The van der Waals surface area contributed by atoms with Gasteiger partial charge >= 0.3 is 6.18 Å². The molecule has 4 nitrogen and oxygen atoms in total. The Bertz CT molecular complexity index is 692. The van der Waals surface area contributed by atoms with Gasteiger partial charge in [-0.25, -0.2) is 0 Å². The van der Waals surface area contributed by atoms with E-state index in [0.717, 1.165) is 21.4 Å². The minimum absolute atomic E-state index is 0.155. The highest BCUT2D eigenvalue weighted by atomic mass is 19.4. The Hall–Kier alpha value is -2.02. The van der Waals surface area contributed by atoms with Gasteiger partial charge in [-0.15, -0.1) is 0 Å². The van der Waals surface area contributed by atoms with E-state index < -0.39 is 24.7 Å². The first-order chi connectivity index (χ1) is 9.87. The molecule has 0 spiro atoms. The van der Waals surface area contributed by atoms with Crippen LogP contribution < -0.4 is 5.73 Å². The average molecular weight is 297 g/mol. The number of carbonyl (C=O) groups is 1. The van der Waals surface area contributed by atoms with Crippen molar-refractivity contribution in [2.75, 3.05) is 13.1 Å². The number of amides is 1. The molecule has 3 N–H and O–H groups in total. The van der Waals surface area contributed by atoms with Gasteiger partial charge in [-0.2, -0.15) is 13.2 Å². The summed E-state index contributed by atoms with van der Waals surface area (Å²) in [5.74, 6) is -0.772. The van der Waals surface area contributed by atoms with Gasteiger partial charge in [0.05, 0.1) is 6.54 Å². The summed E-state index contributed by atoms with van der Waals surface area (Å²) >= 11 is 0.